The van der Waals surface area contributed by atoms with E-state index in [9.17, 15) is 4.79 Å². The number of amides is 2. The van der Waals surface area contributed by atoms with Crippen LogP contribution in [0, 0.1) is 0 Å². The molecule has 0 aliphatic carbocycles. The van der Waals surface area contributed by atoms with E-state index in [1.165, 1.54) is 27.4 Å². The predicted molar refractivity (Wildman–Crippen MR) is 80.8 cm³/mol. The van der Waals surface area contributed by atoms with Gasteiger partial charge in [-0.2, -0.15) is 9.97 Å². The molecule has 0 saturated heterocycles. The van der Waals surface area contributed by atoms with Crippen molar-refractivity contribution in [3.8, 4) is 17.5 Å². The highest BCUT2D eigenvalue weighted by molar-refractivity contribution is 5.99. The predicted octanol–water partition coefficient (Wildman–Crippen LogP) is 2.15. The fraction of sp³-hybridized carbons (Fsp3) is 0.214. The van der Waals surface area contributed by atoms with Gasteiger partial charge in [0.2, 0.25) is 17.7 Å². The second kappa shape index (κ2) is 7.11. The Bertz CT molecular complexity index is 641. The lowest BCUT2D eigenvalue weighted by molar-refractivity contribution is 0.262. The molecule has 0 aliphatic rings. The summed E-state index contributed by atoms with van der Waals surface area (Å²) in [5.74, 6) is 1.16. The quantitative estimate of drug-likeness (QED) is 0.879. The second-order valence-corrected chi connectivity index (χ2v) is 4.06. The van der Waals surface area contributed by atoms with Gasteiger partial charge in [0.1, 0.15) is 5.75 Å². The van der Waals surface area contributed by atoms with Crippen molar-refractivity contribution in [2.45, 2.75) is 0 Å². The summed E-state index contributed by atoms with van der Waals surface area (Å²) in [6.45, 7) is 0. The molecule has 1 heterocycles. The normalized spacial score (nSPS) is 9.77. The van der Waals surface area contributed by atoms with Crippen LogP contribution in [-0.4, -0.2) is 37.3 Å². The van der Waals surface area contributed by atoms with Crippen LogP contribution in [0.25, 0.3) is 0 Å². The number of anilines is 2. The van der Waals surface area contributed by atoms with Crippen LogP contribution >= 0.6 is 0 Å². The lowest BCUT2D eigenvalue weighted by atomic mass is 10.3. The molecule has 116 valence electrons. The van der Waals surface area contributed by atoms with E-state index < -0.39 is 6.03 Å². The number of para-hydroxylation sites is 2. The third-order valence-electron chi connectivity index (χ3n) is 2.68. The van der Waals surface area contributed by atoms with Gasteiger partial charge in [0.25, 0.3) is 0 Å². The molecular formula is C14H16N4O4. The minimum atomic E-state index is -0.514. The lowest BCUT2D eigenvalue weighted by Gasteiger charge is -2.11. The third-order valence-corrected chi connectivity index (χ3v) is 2.68. The number of aromatic nitrogens is 2. The van der Waals surface area contributed by atoms with Gasteiger partial charge < -0.3 is 19.5 Å². The molecule has 1 aromatic carbocycles. The summed E-state index contributed by atoms with van der Waals surface area (Å²) >= 11 is 0. The summed E-state index contributed by atoms with van der Waals surface area (Å²) in [5, 5.41) is 5.15. The van der Waals surface area contributed by atoms with Gasteiger partial charge in [0.15, 0.2) is 0 Å². The Balaban J connectivity index is 2.12. The van der Waals surface area contributed by atoms with Crippen molar-refractivity contribution in [1.29, 1.82) is 0 Å². The van der Waals surface area contributed by atoms with Crippen LogP contribution in [0.1, 0.15) is 0 Å². The second-order valence-electron chi connectivity index (χ2n) is 4.06. The van der Waals surface area contributed by atoms with E-state index in [4.69, 9.17) is 14.2 Å². The van der Waals surface area contributed by atoms with Crippen molar-refractivity contribution < 1.29 is 19.0 Å². The molecule has 0 unspecified atom stereocenters. The highest BCUT2D eigenvalue weighted by atomic mass is 16.5. The molecule has 0 radical (unpaired) electrons. The molecule has 2 aromatic rings. The van der Waals surface area contributed by atoms with Gasteiger partial charge in [-0.1, -0.05) is 12.1 Å². The Labute approximate surface area is 127 Å². The number of ether oxygens (including phenoxy) is 3. The number of carbonyl (C=O) groups is 1. The summed E-state index contributed by atoms with van der Waals surface area (Å²) in [6, 6.07) is 8.02. The number of hydrogen-bond acceptors (Lipinski definition) is 6. The maximum absolute atomic E-state index is 12.0. The number of hydrogen-bond donors (Lipinski definition) is 2. The first-order valence-corrected chi connectivity index (χ1v) is 6.34. The summed E-state index contributed by atoms with van der Waals surface area (Å²) in [5.41, 5.74) is 0.525. The van der Waals surface area contributed by atoms with E-state index in [-0.39, 0.29) is 17.7 Å². The molecule has 0 aliphatic heterocycles. The van der Waals surface area contributed by atoms with E-state index in [0.717, 1.165) is 0 Å². The SMILES string of the molecule is COc1cc(OC)nc(NC(=O)Nc2ccccc2OC)n1. The molecule has 8 heteroatoms. The minimum Gasteiger partial charge on any atom is -0.495 e. The zero-order valence-electron chi connectivity index (χ0n) is 12.4. The van der Waals surface area contributed by atoms with E-state index in [1.807, 2.05) is 0 Å². The van der Waals surface area contributed by atoms with Crippen LogP contribution in [0.5, 0.6) is 17.5 Å². The number of rotatable bonds is 5. The number of nitrogens with one attached hydrogen (secondary N) is 2. The molecule has 8 nitrogen and oxygen atoms in total. The number of nitrogens with zero attached hydrogens (tertiary/aromatic N) is 2. The van der Waals surface area contributed by atoms with E-state index in [2.05, 4.69) is 20.6 Å². The molecule has 0 spiro atoms. The smallest absolute Gasteiger partial charge is 0.326 e. The molecule has 1 aromatic heterocycles. The van der Waals surface area contributed by atoms with Crippen LogP contribution in [0.2, 0.25) is 0 Å². The van der Waals surface area contributed by atoms with E-state index >= 15 is 0 Å². The van der Waals surface area contributed by atoms with Gasteiger partial charge in [-0.15, -0.1) is 0 Å². The third kappa shape index (κ3) is 3.75. The average molecular weight is 304 g/mol. The monoisotopic (exact) mass is 304 g/mol. The van der Waals surface area contributed by atoms with E-state index in [0.29, 0.717) is 11.4 Å². The van der Waals surface area contributed by atoms with Gasteiger partial charge in [0.05, 0.1) is 33.1 Å². The van der Waals surface area contributed by atoms with Crippen molar-refractivity contribution in [3.05, 3.63) is 30.3 Å². The Morgan fingerprint density at radius 2 is 1.59 bits per heavy atom. The maximum atomic E-state index is 12.0. The number of carbonyl (C=O) groups excluding carboxylic acids is 1. The van der Waals surface area contributed by atoms with Crippen molar-refractivity contribution in [3.63, 3.8) is 0 Å². The van der Waals surface area contributed by atoms with Gasteiger partial charge in [-0.25, -0.2) is 4.79 Å². The van der Waals surface area contributed by atoms with Gasteiger partial charge in [0, 0.05) is 0 Å². The fourth-order valence-corrected chi connectivity index (χ4v) is 1.67. The Morgan fingerprint density at radius 3 is 2.18 bits per heavy atom. The first kappa shape index (κ1) is 15.4. The summed E-state index contributed by atoms with van der Waals surface area (Å²) in [6.07, 6.45) is 0. The number of urea groups is 1. The molecule has 0 saturated carbocycles. The number of benzene rings is 1. The van der Waals surface area contributed by atoms with Crippen LogP contribution in [0.3, 0.4) is 0 Å². The van der Waals surface area contributed by atoms with Crippen LogP contribution in [0.15, 0.2) is 30.3 Å². The summed E-state index contributed by atoms with van der Waals surface area (Å²) < 4.78 is 15.2. The largest absolute Gasteiger partial charge is 0.495 e. The average Bonchev–Trinajstić information content (AvgIpc) is 2.54. The van der Waals surface area contributed by atoms with Crippen molar-refractivity contribution in [2.24, 2.45) is 0 Å². The van der Waals surface area contributed by atoms with Crippen LogP contribution in [-0.2, 0) is 0 Å². The molecule has 0 fully saturated rings. The fourth-order valence-electron chi connectivity index (χ4n) is 1.67. The van der Waals surface area contributed by atoms with Crippen LogP contribution in [0.4, 0.5) is 16.4 Å². The first-order valence-electron chi connectivity index (χ1n) is 6.34. The summed E-state index contributed by atoms with van der Waals surface area (Å²) in [4.78, 5) is 20.0. The molecule has 0 atom stereocenters. The molecule has 2 amide bonds. The highest BCUT2D eigenvalue weighted by Gasteiger charge is 2.11. The standard InChI is InChI=1S/C14H16N4O4/c1-20-10-7-5-4-6-9(10)15-14(19)18-13-16-11(21-2)8-12(17-13)22-3/h4-8H,1-3H3,(H2,15,16,17,18,19). The molecule has 0 bridgehead atoms. The Kier molecular flexibility index (Phi) is 4.97. The van der Waals surface area contributed by atoms with Gasteiger partial charge in [-0.3, -0.25) is 5.32 Å². The zero-order chi connectivity index (χ0) is 15.9. The first-order chi connectivity index (χ1) is 10.7. The van der Waals surface area contributed by atoms with Gasteiger partial charge >= 0.3 is 6.03 Å². The molecule has 2 N–H and O–H groups in total. The zero-order valence-corrected chi connectivity index (χ0v) is 12.4. The highest BCUT2D eigenvalue weighted by Crippen LogP contribution is 2.23. The maximum Gasteiger partial charge on any atom is 0.326 e. The van der Waals surface area contributed by atoms with Gasteiger partial charge in [-0.05, 0) is 12.1 Å². The lowest BCUT2D eigenvalue weighted by Crippen LogP contribution is -2.21. The summed E-state index contributed by atoms with van der Waals surface area (Å²) in [7, 11) is 4.44. The van der Waals surface area contributed by atoms with Crippen molar-refractivity contribution in [2.75, 3.05) is 32.0 Å². The minimum absolute atomic E-state index is 0.0589. The Hall–Kier alpha value is -3.03. The molecule has 2 rings (SSSR count). The molecular weight excluding hydrogens is 288 g/mol. The van der Waals surface area contributed by atoms with Crippen molar-refractivity contribution in [1.82, 2.24) is 9.97 Å². The number of methoxy groups -OCH3 is 3. The Morgan fingerprint density at radius 1 is 0.955 bits per heavy atom. The van der Waals surface area contributed by atoms with Crippen LogP contribution < -0.4 is 24.8 Å². The van der Waals surface area contributed by atoms with E-state index in [1.54, 1.807) is 24.3 Å². The van der Waals surface area contributed by atoms with Crippen molar-refractivity contribution >= 4 is 17.7 Å². The topological polar surface area (TPSA) is 94.6 Å². The molecule has 22 heavy (non-hydrogen) atoms.